The van der Waals surface area contributed by atoms with Gasteiger partial charge in [-0.25, -0.2) is 4.39 Å². The summed E-state index contributed by atoms with van der Waals surface area (Å²) in [4.78, 5) is 4.11. The van der Waals surface area contributed by atoms with Gasteiger partial charge in [-0.1, -0.05) is 24.3 Å². The summed E-state index contributed by atoms with van der Waals surface area (Å²) in [5, 5.41) is 9.36. The van der Waals surface area contributed by atoms with Crippen LogP contribution < -0.4 is 0 Å². The van der Waals surface area contributed by atoms with Crippen LogP contribution in [0.25, 0.3) is 11.1 Å². The molecule has 0 fully saturated rings. The fourth-order valence-corrected chi connectivity index (χ4v) is 3.62. The predicted octanol–water partition coefficient (Wildman–Crippen LogP) is 5.64. The lowest BCUT2D eigenvalue weighted by Crippen LogP contribution is -2.11. The topological polar surface area (TPSA) is 33.1 Å². The van der Waals surface area contributed by atoms with Crippen LogP contribution in [0.2, 0.25) is 0 Å². The minimum absolute atomic E-state index is 0. The summed E-state index contributed by atoms with van der Waals surface area (Å²) in [6.45, 7) is 0. The van der Waals surface area contributed by atoms with Gasteiger partial charge in [-0.3, -0.25) is 4.98 Å². The number of rotatable bonds is 2. The van der Waals surface area contributed by atoms with Gasteiger partial charge in [0.1, 0.15) is 0 Å². The Morgan fingerprint density at radius 1 is 0.960 bits per heavy atom. The van der Waals surface area contributed by atoms with E-state index in [4.69, 9.17) is 0 Å². The minimum Gasteiger partial charge on any atom is -0.505 e. The molecule has 1 atom stereocenters. The first-order chi connectivity index (χ1) is 11.7. The van der Waals surface area contributed by atoms with Crippen molar-refractivity contribution in [3.05, 3.63) is 83.4 Å². The Hall–Kier alpha value is -2.20. The number of phenols is 1. The van der Waals surface area contributed by atoms with Crippen molar-refractivity contribution in [3.8, 4) is 16.9 Å². The van der Waals surface area contributed by atoms with Gasteiger partial charge >= 0.3 is 0 Å². The van der Waals surface area contributed by atoms with Crippen molar-refractivity contribution in [3.63, 3.8) is 0 Å². The number of benzene rings is 2. The van der Waals surface area contributed by atoms with E-state index in [1.165, 1.54) is 28.8 Å². The number of aromatic nitrogens is 1. The van der Waals surface area contributed by atoms with Gasteiger partial charge in [0.2, 0.25) is 0 Å². The average molecular weight is 400 g/mol. The lowest BCUT2D eigenvalue weighted by atomic mass is 9.78. The van der Waals surface area contributed by atoms with Gasteiger partial charge < -0.3 is 5.11 Å². The molecule has 2 aromatic carbocycles. The third-order valence-corrected chi connectivity index (χ3v) is 4.85. The molecule has 0 spiro atoms. The fourth-order valence-electron chi connectivity index (χ4n) is 3.62. The highest BCUT2D eigenvalue weighted by Gasteiger charge is 2.22. The average Bonchev–Trinajstić information content (AvgIpc) is 2.64. The van der Waals surface area contributed by atoms with Gasteiger partial charge in [-0.2, -0.15) is 0 Å². The van der Waals surface area contributed by atoms with E-state index in [0.29, 0.717) is 5.92 Å². The molecule has 0 aliphatic heterocycles. The second-order valence-corrected chi connectivity index (χ2v) is 6.31. The molecule has 1 unspecified atom stereocenters. The van der Waals surface area contributed by atoms with Crippen LogP contribution in [0, 0.1) is 5.82 Å². The van der Waals surface area contributed by atoms with E-state index >= 15 is 0 Å². The maximum atomic E-state index is 13.6. The van der Waals surface area contributed by atoms with E-state index in [9.17, 15) is 9.50 Å². The maximum Gasteiger partial charge on any atom is 0.165 e. The van der Waals surface area contributed by atoms with Crippen molar-refractivity contribution >= 4 is 17.0 Å². The molecule has 25 heavy (non-hydrogen) atoms. The first-order valence-corrected chi connectivity index (χ1v) is 8.24. The molecule has 1 aliphatic rings. The monoisotopic (exact) mass is 399 g/mol. The van der Waals surface area contributed by atoms with Crippen LogP contribution in [-0.2, 0) is 6.42 Å². The third-order valence-electron chi connectivity index (χ3n) is 4.85. The number of halogens is 2. The molecule has 4 rings (SSSR count). The second-order valence-electron chi connectivity index (χ2n) is 6.31. The van der Waals surface area contributed by atoms with Crippen molar-refractivity contribution in [2.24, 2.45) is 0 Å². The normalized spacial score (nSPS) is 16.0. The highest BCUT2D eigenvalue weighted by molar-refractivity contribution is 8.93. The van der Waals surface area contributed by atoms with Crippen LogP contribution in [-0.4, -0.2) is 10.1 Å². The fraction of sp³-hybridized carbons (Fsp3) is 0.190. The number of phenolic OH excluding ortho intramolecular Hbond substituents is 1. The smallest absolute Gasteiger partial charge is 0.165 e. The summed E-state index contributed by atoms with van der Waals surface area (Å²) >= 11 is 0. The summed E-state index contributed by atoms with van der Waals surface area (Å²) in [5.41, 5.74) is 5.76. The van der Waals surface area contributed by atoms with Gasteiger partial charge in [0.05, 0.1) is 0 Å². The number of nitrogens with zero attached hydrogens (tertiary/aromatic N) is 1. The molecule has 3 aromatic rings. The van der Waals surface area contributed by atoms with Gasteiger partial charge in [-0.05, 0) is 71.3 Å². The van der Waals surface area contributed by atoms with Gasteiger partial charge in [0, 0.05) is 18.3 Å². The lowest BCUT2D eigenvalue weighted by Gasteiger charge is -2.26. The van der Waals surface area contributed by atoms with Gasteiger partial charge in [0.15, 0.2) is 11.6 Å². The van der Waals surface area contributed by atoms with Crippen molar-refractivity contribution in [1.82, 2.24) is 4.98 Å². The van der Waals surface area contributed by atoms with E-state index in [1.54, 1.807) is 6.07 Å². The van der Waals surface area contributed by atoms with E-state index < -0.39 is 5.82 Å². The number of hydrogen-bond acceptors (Lipinski definition) is 2. The van der Waals surface area contributed by atoms with Gasteiger partial charge in [0.25, 0.3) is 0 Å². The maximum absolute atomic E-state index is 13.6. The minimum atomic E-state index is -0.583. The van der Waals surface area contributed by atoms with Crippen molar-refractivity contribution < 1.29 is 9.50 Å². The zero-order valence-corrected chi connectivity index (χ0v) is 15.4. The molecule has 0 saturated heterocycles. The molecule has 1 N–H and O–H groups in total. The van der Waals surface area contributed by atoms with Crippen LogP contribution in [0.3, 0.4) is 0 Å². The first-order valence-electron chi connectivity index (χ1n) is 8.24. The van der Waals surface area contributed by atoms with Crippen LogP contribution in [0.15, 0.2) is 60.9 Å². The van der Waals surface area contributed by atoms with E-state index in [1.807, 2.05) is 18.5 Å². The van der Waals surface area contributed by atoms with Crippen LogP contribution >= 0.6 is 17.0 Å². The van der Waals surface area contributed by atoms with Crippen LogP contribution in [0.1, 0.15) is 35.4 Å². The summed E-state index contributed by atoms with van der Waals surface area (Å²) in [5.74, 6) is -0.489. The van der Waals surface area contributed by atoms with Gasteiger partial charge in [-0.15, -0.1) is 17.0 Å². The van der Waals surface area contributed by atoms with E-state index in [2.05, 4.69) is 29.2 Å². The molecule has 0 amide bonds. The Bertz CT molecular complexity index is 882. The molecule has 1 aromatic heterocycles. The van der Waals surface area contributed by atoms with Crippen molar-refractivity contribution in [2.45, 2.75) is 25.2 Å². The standard InChI is InChI=1S/C21H18FNO.BrH/c22-20-13-16(5-7-21(20)24)15-4-6-19-17(12-15)2-1-3-18(19)14-8-10-23-11-9-14;/h4-13,18,24H,1-3H2;1H. The number of hydrogen-bond donors (Lipinski definition) is 1. The summed E-state index contributed by atoms with van der Waals surface area (Å²) in [6, 6.07) is 15.1. The zero-order valence-electron chi connectivity index (χ0n) is 13.7. The number of aromatic hydroxyl groups is 1. The summed E-state index contributed by atoms with van der Waals surface area (Å²) in [7, 11) is 0. The quantitative estimate of drug-likeness (QED) is 0.604. The van der Waals surface area contributed by atoms with Crippen molar-refractivity contribution in [1.29, 1.82) is 0 Å². The Kier molecular flexibility index (Phi) is 5.19. The molecule has 1 heterocycles. The number of pyridine rings is 1. The number of aryl methyl sites for hydroxylation is 1. The zero-order chi connectivity index (χ0) is 16.5. The van der Waals surface area contributed by atoms with Crippen molar-refractivity contribution in [2.75, 3.05) is 0 Å². The molecule has 0 saturated carbocycles. The molecular weight excluding hydrogens is 381 g/mol. The molecule has 128 valence electrons. The summed E-state index contributed by atoms with van der Waals surface area (Å²) in [6.07, 6.45) is 7.03. The first kappa shape index (κ1) is 17.6. The Morgan fingerprint density at radius 2 is 1.68 bits per heavy atom. The number of fused-ring (bicyclic) bond motifs is 1. The van der Waals surface area contributed by atoms with E-state index in [-0.39, 0.29) is 22.7 Å². The predicted molar refractivity (Wildman–Crippen MR) is 103 cm³/mol. The Balaban J connectivity index is 0.00000182. The Morgan fingerprint density at radius 3 is 2.44 bits per heavy atom. The molecule has 4 heteroatoms. The molecular formula is C21H19BrFNO. The lowest BCUT2D eigenvalue weighted by molar-refractivity contribution is 0.432. The third kappa shape index (κ3) is 3.45. The van der Waals surface area contributed by atoms with Crippen LogP contribution in [0.4, 0.5) is 4.39 Å². The highest BCUT2D eigenvalue weighted by Crippen LogP contribution is 2.38. The highest BCUT2D eigenvalue weighted by atomic mass is 79.9. The molecule has 0 bridgehead atoms. The van der Waals surface area contributed by atoms with E-state index in [0.717, 1.165) is 30.4 Å². The second kappa shape index (κ2) is 7.36. The molecule has 0 radical (unpaired) electrons. The SMILES string of the molecule is Br.Oc1ccc(-c2ccc3c(c2)CCCC3c2ccncc2)cc1F. The van der Waals surface area contributed by atoms with Crippen LogP contribution in [0.5, 0.6) is 5.75 Å². The largest absolute Gasteiger partial charge is 0.505 e. The summed E-state index contributed by atoms with van der Waals surface area (Å²) < 4.78 is 13.6. The molecule has 1 aliphatic carbocycles. The molecule has 2 nitrogen and oxygen atoms in total. The Labute approximate surface area is 157 Å².